The molecule has 1 rings (SSSR count). The third-order valence-corrected chi connectivity index (χ3v) is 3.51. The van der Waals surface area contributed by atoms with Crippen molar-refractivity contribution in [1.29, 1.82) is 0 Å². The zero-order valence-corrected chi connectivity index (χ0v) is 12.0. The van der Waals surface area contributed by atoms with Crippen LogP contribution < -0.4 is 10.6 Å². The number of carbonyl (C=O) groups excluding carboxylic acids is 1. The lowest BCUT2D eigenvalue weighted by Gasteiger charge is -2.27. The molecule has 2 atom stereocenters. The molecule has 100 valence electrons. The molecule has 0 aromatic carbocycles. The normalized spacial score (nSPS) is 21.2. The summed E-state index contributed by atoms with van der Waals surface area (Å²) in [6.45, 7) is 10.2. The van der Waals surface area contributed by atoms with Crippen molar-refractivity contribution in [3.05, 3.63) is 0 Å². The van der Waals surface area contributed by atoms with Gasteiger partial charge in [0.2, 0.25) is 5.91 Å². The van der Waals surface area contributed by atoms with E-state index in [1.54, 1.807) is 0 Å². The summed E-state index contributed by atoms with van der Waals surface area (Å²) in [4.78, 5) is 11.9. The maximum absolute atomic E-state index is 11.9. The van der Waals surface area contributed by atoms with Crippen LogP contribution in [0.2, 0.25) is 0 Å². The minimum atomic E-state index is -0.149. The van der Waals surface area contributed by atoms with Crippen LogP contribution in [0.15, 0.2) is 0 Å². The van der Waals surface area contributed by atoms with Crippen LogP contribution in [0.5, 0.6) is 0 Å². The van der Waals surface area contributed by atoms with Crippen LogP contribution in [0.4, 0.5) is 0 Å². The predicted octanol–water partition coefficient (Wildman–Crippen LogP) is 2.46. The van der Waals surface area contributed by atoms with Crippen LogP contribution in [0.1, 0.15) is 60.3 Å². The van der Waals surface area contributed by atoms with E-state index in [1.807, 2.05) is 27.7 Å². The zero-order chi connectivity index (χ0) is 13.1. The average Bonchev–Trinajstić information content (AvgIpc) is 2.67. The lowest BCUT2D eigenvalue weighted by atomic mass is 9.99. The molecule has 0 spiro atoms. The van der Waals surface area contributed by atoms with Crippen LogP contribution in [0.25, 0.3) is 0 Å². The van der Waals surface area contributed by atoms with Crippen LogP contribution >= 0.6 is 0 Å². The summed E-state index contributed by atoms with van der Waals surface area (Å²) in [5, 5.41) is 6.45. The summed E-state index contributed by atoms with van der Waals surface area (Å²) < 4.78 is 0. The molecule has 0 aromatic rings. The van der Waals surface area contributed by atoms with E-state index in [2.05, 4.69) is 17.6 Å². The van der Waals surface area contributed by atoms with E-state index < -0.39 is 0 Å². The molecule has 1 saturated carbocycles. The number of hydrogen-bond acceptors (Lipinski definition) is 2. The smallest absolute Gasteiger partial charge is 0.237 e. The molecule has 0 aromatic heterocycles. The lowest BCUT2D eigenvalue weighted by molar-refractivity contribution is -0.124. The van der Waals surface area contributed by atoms with Crippen LogP contribution in [-0.2, 0) is 4.79 Å². The van der Waals surface area contributed by atoms with Crippen molar-refractivity contribution in [2.45, 2.75) is 77.9 Å². The molecule has 0 aliphatic heterocycles. The van der Waals surface area contributed by atoms with Crippen molar-refractivity contribution in [2.75, 3.05) is 0 Å². The lowest BCUT2D eigenvalue weighted by Crippen LogP contribution is -2.52. The summed E-state index contributed by atoms with van der Waals surface area (Å²) in [6.07, 6.45) is 5.31. The minimum Gasteiger partial charge on any atom is -0.350 e. The van der Waals surface area contributed by atoms with Gasteiger partial charge >= 0.3 is 0 Å². The Bertz CT molecular complexity index is 251. The van der Waals surface area contributed by atoms with Crippen molar-refractivity contribution in [3.8, 4) is 0 Å². The molecular weight excluding hydrogens is 212 g/mol. The second-order valence-corrected chi connectivity index (χ2v) is 6.46. The van der Waals surface area contributed by atoms with Gasteiger partial charge in [0.1, 0.15) is 0 Å². The monoisotopic (exact) mass is 240 g/mol. The Hall–Kier alpha value is -0.570. The van der Waals surface area contributed by atoms with Gasteiger partial charge in [-0.25, -0.2) is 0 Å². The zero-order valence-electron chi connectivity index (χ0n) is 12.0. The second-order valence-electron chi connectivity index (χ2n) is 6.46. The summed E-state index contributed by atoms with van der Waals surface area (Å²) in [5.74, 6) is 0.849. The first-order valence-electron chi connectivity index (χ1n) is 6.87. The Kier molecular flexibility index (Phi) is 4.99. The fourth-order valence-corrected chi connectivity index (χ4v) is 2.54. The van der Waals surface area contributed by atoms with Crippen molar-refractivity contribution in [3.63, 3.8) is 0 Å². The van der Waals surface area contributed by atoms with Gasteiger partial charge in [0.05, 0.1) is 6.04 Å². The highest BCUT2D eigenvalue weighted by atomic mass is 16.2. The van der Waals surface area contributed by atoms with Gasteiger partial charge in [0.15, 0.2) is 0 Å². The Morgan fingerprint density at radius 2 is 1.71 bits per heavy atom. The van der Waals surface area contributed by atoms with Crippen molar-refractivity contribution >= 4 is 5.91 Å². The van der Waals surface area contributed by atoms with Crippen molar-refractivity contribution < 1.29 is 4.79 Å². The molecule has 2 N–H and O–H groups in total. The standard InChI is InChI=1S/C14H28N2O/c1-10(12-8-6-7-9-12)15-11(2)13(17)16-14(3,4)5/h10-12,15H,6-9H2,1-5H3,(H,16,17)/t10-,11?/m0/s1. The summed E-state index contributed by atoms with van der Waals surface area (Å²) >= 11 is 0. The first-order chi connectivity index (χ1) is 7.79. The van der Waals surface area contributed by atoms with Gasteiger partial charge in [0, 0.05) is 11.6 Å². The summed E-state index contributed by atoms with van der Waals surface area (Å²) in [7, 11) is 0. The molecule has 1 unspecified atom stereocenters. The molecule has 0 radical (unpaired) electrons. The molecule has 0 bridgehead atoms. The highest BCUT2D eigenvalue weighted by Gasteiger charge is 2.25. The molecule has 17 heavy (non-hydrogen) atoms. The molecule has 3 nitrogen and oxygen atoms in total. The Balaban J connectivity index is 2.37. The predicted molar refractivity (Wildman–Crippen MR) is 71.9 cm³/mol. The highest BCUT2D eigenvalue weighted by Crippen LogP contribution is 2.27. The topological polar surface area (TPSA) is 41.1 Å². The number of amides is 1. The van der Waals surface area contributed by atoms with E-state index in [-0.39, 0.29) is 17.5 Å². The number of nitrogens with one attached hydrogen (secondary N) is 2. The van der Waals surface area contributed by atoms with Gasteiger partial charge < -0.3 is 10.6 Å². The molecule has 1 amide bonds. The van der Waals surface area contributed by atoms with Crippen molar-refractivity contribution in [2.24, 2.45) is 5.92 Å². The van der Waals surface area contributed by atoms with Crippen molar-refractivity contribution in [1.82, 2.24) is 10.6 Å². The van der Waals surface area contributed by atoms with Gasteiger partial charge in [-0.1, -0.05) is 12.8 Å². The van der Waals surface area contributed by atoms with Gasteiger partial charge in [0.25, 0.3) is 0 Å². The van der Waals surface area contributed by atoms with E-state index in [9.17, 15) is 4.79 Å². The van der Waals surface area contributed by atoms with Crippen LogP contribution in [0, 0.1) is 5.92 Å². The van der Waals surface area contributed by atoms with Crippen LogP contribution in [0.3, 0.4) is 0 Å². The third kappa shape index (κ3) is 5.07. The Labute approximate surface area is 106 Å². The van der Waals surface area contributed by atoms with Gasteiger partial charge in [-0.3, -0.25) is 4.79 Å². The largest absolute Gasteiger partial charge is 0.350 e. The summed E-state index contributed by atoms with van der Waals surface area (Å²) in [6, 6.07) is 0.336. The molecule has 1 fully saturated rings. The fraction of sp³-hybridized carbons (Fsp3) is 0.929. The molecule has 1 aliphatic rings. The number of carbonyl (C=O) groups is 1. The first-order valence-corrected chi connectivity index (χ1v) is 6.87. The van der Waals surface area contributed by atoms with Gasteiger partial charge in [-0.15, -0.1) is 0 Å². The fourth-order valence-electron chi connectivity index (χ4n) is 2.54. The minimum absolute atomic E-state index is 0.0994. The molecular formula is C14H28N2O. The van der Waals surface area contributed by atoms with Gasteiger partial charge in [-0.05, 0) is 53.4 Å². The maximum Gasteiger partial charge on any atom is 0.237 e. The van der Waals surface area contributed by atoms with E-state index >= 15 is 0 Å². The van der Waals surface area contributed by atoms with E-state index in [4.69, 9.17) is 0 Å². The number of hydrogen-bond donors (Lipinski definition) is 2. The Morgan fingerprint density at radius 3 is 2.18 bits per heavy atom. The van der Waals surface area contributed by atoms with Gasteiger partial charge in [-0.2, -0.15) is 0 Å². The highest BCUT2D eigenvalue weighted by molar-refractivity contribution is 5.81. The SMILES string of the molecule is CC(N[C@@H](C)C1CCCC1)C(=O)NC(C)(C)C. The quantitative estimate of drug-likeness (QED) is 0.792. The second kappa shape index (κ2) is 5.85. The first kappa shape index (κ1) is 14.5. The van der Waals surface area contributed by atoms with Crippen LogP contribution in [-0.4, -0.2) is 23.5 Å². The third-order valence-electron chi connectivity index (χ3n) is 3.51. The van der Waals surface area contributed by atoms with E-state index in [0.717, 1.165) is 5.92 Å². The van der Waals surface area contributed by atoms with E-state index in [1.165, 1.54) is 25.7 Å². The summed E-state index contributed by atoms with van der Waals surface area (Å²) in [5.41, 5.74) is -0.149. The maximum atomic E-state index is 11.9. The average molecular weight is 240 g/mol. The molecule has 0 saturated heterocycles. The molecule has 0 heterocycles. The number of rotatable bonds is 4. The molecule has 3 heteroatoms. The van der Waals surface area contributed by atoms with E-state index in [0.29, 0.717) is 6.04 Å². The Morgan fingerprint density at radius 1 is 1.18 bits per heavy atom. The molecule has 1 aliphatic carbocycles.